The zero-order valence-corrected chi connectivity index (χ0v) is 16.8. The lowest BCUT2D eigenvalue weighted by atomic mass is 10.1. The molecule has 4 aromatic rings. The zero-order chi connectivity index (χ0) is 20.4. The summed E-state index contributed by atoms with van der Waals surface area (Å²) in [6.07, 6.45) is 1.70. The Labute approximate surface area is 174 Å². The van der Waals surface area contributed by atoms with Gasteiger partial charge in [-0.3, -0.25) is 4.79 Å². The fraction of sp³-hybridized carbons (Fsp3) is 0.0870. The maximum absolute atomic E-state index is 12.6. The standard InChI is InChI=1S/C23H19ClN4O/c1-15-11-16(2)13-20(12-15)26-23(29)18-5-9-21(10-6-18)28-22(14-25-27-28)17-3-7-19(24)8-4-17/h3-14H,1-2H3,(H,26,29). The summed E-state index contributed by atoms with van der Waals surface area (Å²) in [5.41, 5.74) is 6.19. The maximum atomic E-state index is 12.6. The number of aryl methyl sites for hydroxylation is 2. The molecule has 0 saturated heterocycles. The van der Waals surface area contributed by atoms with Crippen LogP contribution < -0.4 is 5.32 Å². The molecule has 0 spiro atoms. The summed E-state index contributed by atoms with van der Waals surface area (Å²) in [6.45, 7) is 4.02. The first-order valence-corrected chi connectivity index (χ1v) is 9.54. The molecule has 0 aliphatic carbocycles. The third-order valence-electron chi connectivity index (χ3n) is 4.54. The van der Waals surface area contributed by atoms with Gasteiger partial charge in [-0.2, -0.15) is 0 Å². The molecule has 1 aromatic heterocycles. The van der Waals surface area contributed by atoms with Crippen LogP contribution in [-0.2, 0) is 0 Å². The number of amides is 1. The van der Waals surface area contributed by atoms with Crippen molar-refractivity contribution in [2.24, 2.45) is 0 Å². The fourth-order valence-corrected chi connectivity index (χ4v) is 3.37. The maximum Gasteiger partial charge on any atom is 0.255 e. The van der Waals surface area contributed by atoms with Gasteiger partial charge in [0.25, 0.3) is 5.91 Å². The van der Waals surface area contributed by atoms with Gasteiger partial charge in [-0.1, -0.05) is 35.0 Å². The Kier molecular flexibility index (Phi) is 5.14. The van der Waals surface area contributed by atoms with E-state index in [2.05, 4.69) is 21.7 Å². The number of hydrogen-bond donors (Lipinski definition) is 1. The summed E-state index contributed by atoms with van der Waals surface area (Å²) in [4.78, 5) is 12.6. The predicted octanol–water partition coefficient (Wildman–Crippen LogP) is 5.46. The van der Waals surface area contributed by atoms with Gasteiger partial charge in [0, 0.05) is 21.8 Å². The van der Waals surface area contributed by atoms with Crippen molar-refractivity contribution in [2.45, 2.75) is 13.8 Å². The van der Waals surface area contributed by atoms with Crippen LogP contribution in [0, 0.1) is 13.8 Å². The number of carbonyl (C=O) groups excluding carboxylic acids is 1. The lowest BCUT2D eigenvalue weighted by Crippen LogP contribution is -2.12. The lowest BCUT2D eigenvalue weighted by Gasteiger charge is -2.09. The van der Waals surface area contributed by atoms with Crippen molar-refractivity contribution >= 4 is 23.2 Å². The van der Waals surface area contributed by atoms with Crippen LogP contribution in [0.3, 0.4) is 0 Å². The molecule has 3 aromatic carbocycles. The smallest absolute Gasteiger partial charge is 0.255 e. The molecule has 1 heterocycles. The molecule has 144 valence electrons. The molecule has 4 rings (SSSR count). The SMILES string of the molecule is Cc1cc(C)cc(NC(=O)c2ccc(-n3nncc3-c3ccc(Cl)cc3)cc2)c1. The molecule has 0 bridgehead atoms. The molecule has 5 nitrogen and oxygen atoms in total. The monoisotopic (exact) mass is 402 g/mol. The Hall–Kier alpha value is -3.44. The van der Waals surface area contributed by atoms with Gasteiger partial charge in [0.1, 0.15) is 0 Å². The number of nitrogens with one attached hydrogen (secondary N) is 1. The molecule has 29 heavy (non-hydrogen) atoms. The first-order valence-electron chi connectivity index (χ1n) is 9.16. The van der Waals surface area contributed by atoms with Crippen molar-refractivity contribution in [1.29, 1.82) is 0 Å². The summed E-state index contributed by atoms with van der Waals surface area (Å²) in [5, 5.41) is 11.8. The predicted molar refractivity (Wildman–Crippen MR) is 116 cm³/mol. The average Bonchev–Trinajstić information content (AvgIpc) is 3.17. The second kappa shape index (κ2) is 7.89. The van der Waals surface area contributed by atoms with E-state index in [1.54, 1.807) is 23.0 Å². The van der Waals surface area contributed by atoms with Gasteiger partial charge < -0.3 is 5.32 Å². The number of aromatic nitrogens is 3. The van der Waals surface area contributed by atoms with Crippen LogP contribution in [0.1, 0.15) is 21.5 Å². The van der Waals surface area contributed by atoms with E-state index >= 15 is 0 Å². The van der Waals surface area contributed by atoms with Crippen LogP contribution in [0.25, 0.3) is 16.9 Å². The van der Waals surface area contributed by atoms with Gasteiger partial charge in [-0.15, -0.1) is 5.10 Å². The minimum Gasteiger partial charge on any atom is -0.322 e. The quantitative estimate of drug-likeness (QED) is 0.493. The summed E-state index contributed by atoms with van der Waals surface area (Å²) in [6, 6.07) is 20.7. The van der Waals surface area contributed by atoms with E-state index in [1.165, 1.54) is 0 Å². The number of anilines is 1. The Morgan fingerprint density at radius 3 is 2.24 bits per heavy atom. The number of benzene rings is 3. The molecule has 0 fully saturated rings. The number of rotatable bonds is 4. The van der Waals surface area contributed by atoms with E-state index in [4.69, 9.17) is 11.6 Å². The van der Waals surface area contributed by atoms with E-state index in [0.29, 0.717) is 10.6 Å². The van der Waals surface area contributed by atoms with Crippen molar-refractivity contribution in [1.82, 2.24) is 15.0 Å². The summed E-state index contributed by atoms with van der Waals surface area (Å²) in [7, 11) is 0. The van der Waals surface area contributed by atoms with Gasteiger partial charge in [0.05, 0.1) is 17.6 Å². The Balaban J connectivity index is 1.56. The molecule has 0 aliphatic rings. The van der Waals surface area contributed by atoms with Crippen molar-refractivity contribution < 1.29 is 4.79 Å². The molecule has 6 heteroatoms. The van der Waals surface area contributed by atoms with E-state index in [9.17, 15) is 4.79 Å². The normalized spacial score (nSPS) is 10.7. The van der Waals surface area contributed by atoms with Gasteiger partial charge in [0.2, 0.25) is 0 Å². The highest BCUT2D eigenvalue weighted by Gasteiger charge is 2.11. The minimum atomic E-state index is -0.155. The van der Waals surface area contributed by atoms with Gasteiger partial charge in [0.15, 0.2) is 0 Å². The topological polar surface area (TPSA) is 59.8 Å². The highest BCUT2D eigenvalue weighted by Crippen LogP contribution is 2.23. The Morgan fingerprint density at radius 2 is 1.59 bits per heavy atom. The molecule has 0 unspecified atom stereocenters. The average molecular weight is 403 g/mol. The molecular formula is C23H19ClN4O. The molecule has 1 N–H and O–H groups in total. The van der Waals surface area contributed by atoms with Crippen molar-refractivity contribution in [3.8, 4) is 16.9 Å². The summed E-state index contributed by atoms with van der Waals surface area (Å²) in [5.74, 6) is -0.155. The summed E-state index contributed by atoms with van der Waals surface area (Å²) < 4.78 is 1.73. The minimum absolute atomic E-state index is 0.155. The van der Waals surface area contributed by atoms with E-state index in [1.807, 2.05) is 62.4 Å². The largest absolute Gasteiger partial charge is 0.322 e. The third-order valence-corrected chi connectivity index (χ3v) is 4.79. The number of halogens is 1. The van der Waals surface area contributed by atoms with Gasteiger partial charge in [-0.25, -0.2) is 4.68 Å². The molecule has 0 saturated carbocycles. The molecule has 0 radical (unpaired) electrons. The Morgan fingerprint density at radius 1 is 0.931 bits per heavy atom. The van der Waals surface area contributed by atoms with Crippen molar-refractivity contribution in [2.75, 3.05) is 5.32 Å². The Bertz CT molecular complexity index is 1140. The molecule has 1 amide bonds. The first kappa shape index (κ1) is 18.9. The second-order valence-corrected chi connectivity index (χ2v) is 7.35. The number of nitrogens with zero attached hydrogens (tertiary/aromatic N) is 3. The van der Waals surface area contributed by atoms with Crippen LogP contribution in [0.15, 0.2) is 72.9 Å². The highest BCUT2D eigenvalue weighted by atomic mass is 35.5. The van der Waals surface area contributed by atoms with Crippen LogP contribution in [0.2, 0.25) is 5.02 Å². The first-order chi connectivity index (χ1) is 14.0. The zero-order valence-electron chi connectivity index (χ0n) is 16.1. The molecule has 0 atom stereocenters. The third kappa shape index (κ3) is 4.20. The van der Waals surface area contributed by atoms with Crippen LogP contribution >= 0.6 is 11.6 Å². The van der Waals surface area contributed by atoms with E-state index in [0.717, 1.165) is 33.8 Å². The van der Waals surface area contributed by atoms with Crippen LogP contribution in [0.4, 0.5) is 5.69 Å². The second-order valence-electron chi connectivity index (χ2n) is 6.92. The van der Waals surface area contributed by atoms with Crippen LogP contribution in [-0.4, -0.2) is 20.9 Å². The highest BCUT2D eigenvalue weighted by molar-refractivity contribution is 6.30. The van der Waals surface area contributed by atoms with Gasteiger partial charge >= 0.3 is 0 Å². The van der Waals surface area contributed by atoms with Gasteiger partial charge in [-0.05, 0) is 73.5 Å². The van der Waals surface area contributed by atoms with Crippen molar-refractivity contribution in [3.63, 3.8) is 0 Å². The van der Waals surface area contributed by atoms with Crippen molar-refractivity contribution in [3.05, 3.63) is 94.6 Å². The molecular weight excluding hydrogens is 384 g/mol. The summed E-state index contributed by atoms with van der Waals surface area (Å²) >= 11 is 5.98. The number of carbonyl (C=O) groups is 1. The fourth-order valence-electron chi connectivity index (χ4n) is 3.25. The number of hydrogen-bond acceptors (Lipinski definition) is 3. The lowest BCUT2D eigenvalue weighted by molar-refractivity contribution is 0.102. The van der Waals surface area contributed by atoms with Crippen LogP contribution in [0.5, 0.6) is 0 Å². The molecule has 0 aliphatic heterocycles. The van der Waals surface area contributed by atoms with E-state index < -0.39 is 0 Å². The van der Waals surface area contributed by atoms with E-state index in [-0.39, 0.29) is 5.91 Å².